The third-order valence-electron chi connectivity index (χ3n) is 3.25. The van der Waals surface area contributed by atoms with Crippen LogP contribution in [0.5, 0.6) is 0 Å². The van der Waals surface area contributed by atoms with Crippen LogP contribution in [0.3, 0.4) is 0 Å². The maximum atomic E-state index is 11.5. The van der Waals surface area contributed by atoms with Crippen LogP contribution in [-0.4, -0.2) is 30.8 Å². The fraction of sp³-hybridized carbons (Fsp3) is 0.923. The normalized spacial score (nSPS) is 20.0. The van der Waals surface area contributed by atoms with Crippen LogP contribution in [0.1, 0.15) is 52.4 Å². The van der Waals surface area contributed by atoms with Crippen molar-refractivity contribution in [2.45, 2.75) is 64.1 Å². The van der Waals surface area contributed by atoms with Crippen molar-refractivity contribution >= 4 is 5.97 Å². The van der Waals surface area contributed by atoms with Crippen LogP contribution in [0.15, 0.2) is 0 Å². The summed E-state index contributed by atoms with van der Waals surface area (Å²) in [6.45, 7) is 4.18. The van der Waals surface area contributed by atoms with Crippen LogP contribution < -0.4 is 5.73 Å². The van der Waals surface area contributed by atoms with E-state index in [1.807, 2.05) is 13.8 Å². The van der Waals surface area contributed by atoms with Gasteiger partial charge in [0.2, 0.25) is 0 Å². The zero-order chi connectivity index (χ0) is 12.7. The Hall–Kier alpha value is -0.610. The van der Waals surface area contributed by atoms with E-state index in [1.165, 1.54) is 12.8 Å². The lowest BCUT2D eigenvalue weighted by molar-refractivity contribution is -0.160. The Morgan fingerprint density at radius 3 is 2.29 bits per heavy atom. The van der Waals surface area contributed by atoms with Crippen molar-refractivity contribution in [3.05, 3.63) is 0 Å². The number of hydrogen-bond donors (Lipinski definition) is 1. The molecule has 1 rings (SSSR count). The smallest absolute Gasteiger partial charge is 0.332 e. The lowest BCUT2D eigenvalue weighted by Crippen LogP contribution is -2.42. The van der Waals surface area contributed by atoms with Gasteiger partial charge in [-0.05, 0) is 26.7 Å². The first kappa shape index (κ1) is 14.5. The van der Waals surface area contributed by atoms with Crippen molar-refractivity contribution in [2.75, 3.05) is 13.2 Å². The number of carbonyl (C=O) groups is 1. The highest BCUT2D eigenvalue weighted by molar-refractivity contribution is 5.70. The monoisotopic (exact) mass is 243 g/mol. The molecule has 17 heavy (non-hydrogen) atoms. The second kappa shape index (κ2) is 6.97. The van der Waals surface area contributed by atoms with Gasteiger partial charge in [-0.25, -0.2) is 4.79 Å². The fourth-order valence-electron chi connectivity index (χ4n) is 2.29. The van der Waals surface area contributed by atoms with Gasteiger partial charge in [0.15, 0.2) is 0 Å². The van der Waals surface area contributed by atoms with Crippen LogP contribution in [-0.2, 0) is 14.3 Å². The molecule has 0 atom stereocenters. The standard InChI is InChI=1S/C13H25NO3/c1-11(2)17-12(15)9-16-13(10-14)7-5-3-4-6-8-13/h11H,3-10,14H2,1-2H3. The van der Waals surface area contributed by atoms with Gasteiger partial charge in [0, 0.05) is 6.54 Å². The Balaban J connectivity index is 2.42. The molecule has 0 radical (unpaired) electrons. The summed E-state index contributed by atoms with van der Waals surface area (Å²) in [6.07, 6.45) is 6.57. The quantitative estimate of drug-likeness (QED) is 0.592. The molecule has 0 bridgehead atoms. The predicted octanol–water partition coefficient (Wildman–Crippen LogP) is 2.01. The molecule has 4 nitrogen and oxygen atoms in total. The van der Waals surface area contributed by atoms with E-state index in [9.17, 15) is 4.79 Å². The zero-order valence-electron chi connectivity index (χ0n) is 11.0. The van der Waals surface area contributed by atoms with Crippen molar-refractivity contribution in [2.24, 2.45) is 5.73 Å². The van der Waals surface area contributed by atoms with Gasteiger partial charge in [-0.15, -0.1) is 0 Å². The summed E-state index contributed by atoms with van der Waals surface area (Å²) in [7, 11) is 0. The molecular formula is C13H25NO3. The molecule has 0 aromatic heterocycles. The Bertz CT molecular complexity index is 233. The summed E-state index contributed by atoms with van der Waals surface area (Å²) >= 11 is 0. The van der Waals surface area contributed by atoms with Crippen LogP contribution in [0, 0.1) is 0 Å². The van der Waals surface area contributed by atoms with E-state index in [0.717, 1.165) is 25.7 Å². The van der Waals surface area contributed by atoms with E-state index in [2.05, 4.69) is 0 Å². The molecule has 1 fully saturated rings. The van der Waals surface area contributed by atoms with E-state index < -0.39 is 0 Å². The third kappa shape index (κ3) is 5.04. The van der Waals surface area contributed by atoms with Crippen molar-refractivity contribution in [3.63, 3.8) is 0 Å². The van der Waals surface area contributed by atoms with Crippen molar-refractivity contribution in [1.29, 1.82) is 0 Å². The maximum absolute atomic E-state index is 11.5. The summed E-state index contributed by atoms with van der Waals surface area (Å²) in [5, 5.41) is 0. The minimum Gasteiger partial charge on any atom is -0.461 e. The third-order valence-corrected chi connectivity index (χ3v) is 3.25. The molecule has 1 saturated carbocycles. The lowest BCUT2D eigenvalue weighted by Gasteiger charge is -2.31. The molecule has 0 amide bonds. The Morgan fingerprint density at radius 2 is 1.82 bits per heavy atom. The van der Waals surface area contributed by atoms with Crippen molar-refractivity contribution < 1.29 is 14.3 Å². The van der Waals surface area contributed by atoms with E-state index in [-0.39, 0.29) is 24.3 Å². The van der Waals surface area contributed by atoms with E-state index in [0.29, 0.717) is 6.54 Å². The number of esters is 1. The van der Waals surface area contributed by atoms with Gasteiger partial charge >= 0.3 is 5.97 Å². The molecule has 0 aliphatic heterocycles. The number of rotatable bonds is 5. The molecule has 1 aliphatic rings. The SMILES string of the molecule is CC(C)OC(=O)COC1(CN)CCCCCC1. The predicted molar refractivity (Wildman–Crippen MR) is 66.7 cm³/mol. The van der Waals surface area contributed by atoms with Gasteiger partial charge in [0.05, 0.1) is 11.7 Å². The summed E-state index contributed by atoms with van der Waals surface area (Å²) in [5.74, 6) is -0.294. The summed E-state index contributed by atoms with van der Waals surface area (Å²) in [4.78, 5) is 11.5. The Morgan fingerprint density at radius 1 is 1.24 bits per heavy atom. The van der Waals surface area contributed by atoms with Crippen molar-refractivity contribution in [1.82, 2.24) is 0 Å². The minimum atomic E-state index is -0.299. The highest BCUT2D eigenvalue weighted by atomic mass is 16.6. The molecule has 1 aliphatic carbocycles. The van der Waals surface area contributed by atoms with Crippen LogP contribution in [0.25, 0.3) is 0 Å². The minimum absolute atomic E-state index is 0.0232. The number of hydrogen-bond acceptors (Lipinski definition) is 4. The lowest BCUT2D eigenvalue weighted by atomic mass is 9.94. The van der Waals surface area contributed by atoms with Gasteiger partial charge < -0.3 is 15.2 Å². The maximum Gasteiger partial charge on any atom is 0.332 e. The highest BCUT2D eigenvalue weighted by Crippen LogP contribution is 2.29. The molecule has 2 N–H and O–H groups in total. The first-order valence-electron chi connectivity index (χ1n) is 6.61. The average Bonchev–Trinajstić information content (AvgIpc) is 2.52. The van der Waals surface area contributed by atoms with E-state index in [1.54, 1.807) is 0 Å². The summed E-state index contributed by atoms with van der Waals surface area (Å²) in [5.41, 5.74) is 5.52. The highest BCUT2D eigenvalue weighted by Gasteiger charge is 2.31. The van der Waals surface area contributed by atoms with E-state index in [4.69, 9.17) is 15.2 Å². The molecule has 0 aromatic rings. The molecule has 0 unspecified atom stereocenters. The van der Waals surface area contributed by atoms with Gasteiger partial charge in [-0.1, -0.05) is 25.7 Å². The van der Waals surface area contributed by atoms with Gasteiger partial charge in [0.25, 0.3) is 0 Å². The second-order valence-electron chi connectivity index (χ2n) is 5.13. The van der Waals surface area contributed by atoms with Crippen LogP contribution in [0.4, 0.5) is 0 Å². The van der Waals surface area contributed by atoms with E-state index >= 15 is 0 Å². The fourth-order valence-corrected chi connectivity index (χ4v) is 2.29. The molecule has 100 valence electrons. The largest absolute Gasteiger partial charge is 0.461 e. The molecule has 0 saturated heterocycles. The van der Waals surface area contributed by atoms with Crippen molar-refractivity contribution in [3.8, 4) is 0 Å². The second-order valence-corrected chi connectivity index (χ2v) is 5.13. The zero-order valence-corrected chi connectivity index (χ0v) is 11.0. The topological polar surface area (TPSA) is 61.5 Å². The number of nitrogens with two attached hydrogens (primary N) is 1. The van der Waals surface area contributed by atoms with Crippen LogP contribution >= 0.6 is 0 Å². The number of ether oxygens (including phenoxy) is 2. The first-order valence-corrected chi connectivity index (χ1v) is 6.61. The average molecular weight is 243 g/mol. The van der Waals surface area contributed by atoms with Crippen LogP contribution in [0.2, 0.25) is 0 Å². The summed E-state index contributed by atoms with van der Waals surface area (Å²) < 4.78 is 10.8. The Labute approximate surface area is 104 Å². The molecule has 0 spiro atoms. The molecule has 4 heteroatoms. The van der Waals surface area contributed by atoms with Gasteiger partial charge in [-0.3, -0.25) is 0 Å². The Kier molecular flexibility index (Phi) is 5.92. The first-order chi connectivity index (χ1) is 8.08. The number of carbonyl (C=O) groups excluding carboxylic acids is 1. The van der Waals surface area contributed by atoms with Gasteiger partial charge in [-0.2, -0.15) is 0 Å². The van der Waals surface area contributed by atoms with Gasteiger partial charge in [0.1, 0.15) is 6.61 Å². The molecule has 0 aromatic carbocycles. The summed E-state index contributed by atoms with van der Waals surface area (Å²) in [6, 6.07) is 0. The molecule has 0 heterocycles. The molecular weight excluding hydrogens is 218 g/mol.